The Morgan fingerprint density at radius 3 is 2.95 bits per heavy atom. The van der Waals surface area contributed by atoms with Crippen molar-refractivity contribution in [3.63, 3.8) is 0 Å². The Hall–Kier alpha value is -1.54. The van der Waals surface area contributed by atoms with E-state index in [-0.39, 0.29) is 29.6 Å². The van der Waals surface area contributed by atoms with Crippen LogP contribution in [0.3, 0.4) is 0 Å². The molecule has 1 saturated heterocycles. The highest BCUT2D eigenvalue weighted by atomic mass is 32.2. The molecule has 3 rings (SSSR count). The number of hydrogen-bond acceptors (Lipinski definition) is 3. The minimum Gasteiger partial charge on any atom is -0.325 e. The van der Waals surface area contributed by atoms with E-state index in [1.165, 1.54) is 6.07 Å². The van der Waals surface area contributed by atoms with Gasteiger partial charge in [0.25, 0.3) is 0 Å². The zero-order chi connectivity index (χ0) is 14.8. The van der Waals surface area contributed by atoms with E-state index in [9.17, 15) is 9.18 Å². The van der Waals surface area contributed by atoms with Gasteiger partial charge in [-0.1, -0.05) is 12.1 Å². The van der Waals surface area contributed by atoms with Crippen molar-refractivity contribution in [3.05, 3.63) is 35.6 Å². The van der Waals surface area contributed by atoms with E-state index in [1.807, 2.05) is 6.07 Å². The molecule has 0 N–H and O–H groups in total. The van der Waals surface area contributed by atoms with Crippen molar-refractivity contribution < 1.29 is 9.18 Å². The fraction of sp³-hybridized carbons (Fsp3) is 0.500. The zero-order valence-electron chi connectivity index (χ0n) is 11.7. The van der Waals surface area contributed by atoms with Crippen molar-refractivity contribution in [2.75, 3.05) is 18.1 Å². The van der Waals surface area contributed by atoms with Crippen LogP contribution in [0.2, 0.25) is 0 Å². The third-order valence-electron chi connectivity index (χ3n) is 4.37. The van der Waals surface area contributed by atoms with Crippen LogP contribution in [0.1, 0.15) is 24.3 Å². The Morgan fingerprint density at radius 2 is 2.24 bits per heavy atom. The van der Waals surface area contributed by atoms with Crippen LogP contribution in [-0.4, -0.2) is 34.9 Å². The quantitative estimate of drug-likeness (QED) is 0.844. The van der Waals surface area contributed by atoms with Crippen molar-refractivity contribution >= 4 is 17.7 Å². The van der Waals surface area contributed by atoms with Crippen molar-refractivity contribution in [2.24, 2.45) is 5.92 Å². The molecular formula is C16H17FN2OS. The monoisotopic (exact) mass is 304 g/mol. The van der Waals surface area contributed by atoms with Gasteiger partial charge in [-0.25, -0.2) is 4.39 Å². The van der Waals surface area contributed by atoms with Crippen LogP contribution >= 0.6 is 11.8 Å². The average Bonchev–Trinajstić information content (AvgIpc) is 2.45. The van der Waals surface area contributed by atoms with Gasteiger partial charge in [-0.3, -0.25) is 4.79 Å². The summed E-state index contributed by atoms with van der Waals surface area (Å²) in [7, 11) is 0. The first-order valence-electron chi connectivity index (χ1n) is 7.22. The number of nitriles is 1. The Kier molecular flexibility index (Phi) is 4.16. The first-order chi connectivity index (χ1) is 10.2. The van der Waals surface area contributed by atoms with Crippen molar-refractivity contribution in [1.29, 1.82) is 5.26 Å². The lowest BCUT2D eigenvalue weighted by molar-refractivity contribution is -0.139. The molecule has 0 aromatic heterocycles. The van der Waals surface area contributed by atoms with E-state index in [0.717, 1.165) is 24.2 Å². The fourth-order valence-corrected chi connectivity index (χ4v) is 4.03. The van der Waals surface area contributed by atoms with Gasteiger partial charge in [-0.15, -0.1) is 0 Å². The molecule has 1 aliphatic carbocycles. The molecule has 2 aliphatic rings. The minimum absolute atomic E-state index is 0.00258. The molecule has 1 unspecified atom stereocenters. The van der Waals surface area contributed by atoms with Crippen molar-refractivity contribution in [3.8, 4) is 6.07 Å². The predicted molar refractivity (Wildman–Crippen MR) is 80.3 cm³/mol. The predicted octanol–water partition coefficient (Wildman–Crippen LogP) is 2.79. The largest absolute Gasteiger partial charge is 0.325 e. The molecule has 1 aromatic carbocycles. The summed E-state index contributed by atoms with van der Waals surface area (Å²) in [6.07, 6.45) is 1.54. The molecule has 1 amide bonds. The second-order valence-electron chi connectivity index (χ2n) is 5.67. The molecule has 21 heavy (non-hydrogen) atoms. The van der Waals surface area contributed by atoms with Crippen LogP contribution < -0.4 is 0 Å². The molecule has 1 heterocycles. The summed E-state index contributed by atoms with van der Waals surface area (Å²) in [5, 5.41) is 9.14. The SMILES string of the molecule is N#CC1CSCCN1C(=O)C1CC(c2cccc(F)c2)C1. The maximum absolute atomic E-state index is 13.2. The van der Waals surface area contributed by atoms with Gasteiger partial charge in [0.1, 0.15) is 11.9 Å². The summed E-state index contributed by atoms with van der Waals surface area (Å²) in [5.41, 5.74) is 0.977. The smallest absolute Gasteiger partial charge is 0.226 e. The summed E-state index contributed by atoms with van der Waals surface area (Å²) < 4.78 is 13.2. The third-order valence-corrected chi connectivity index (χ3v) is 5.39. The molecule has 1 aromatic rings. The van der Waals surface area contributed by atoms with Crippen LogP contribution in [0.5, 0.6) is 0 Å². The van der Waals surface area contributed by atoms with E-state index in [4.69, 9.17) is 5.26 Å². The molecule has 1 saturated carbocycles. The molecule has 1 atom stereocenters. The lowest BCUT2D eigenvalue weighted by atomic mass is 9.70. The number of carbonyl (C=O) groups excluding carboxylic acids is 1. The first-order valence-corrected chi connectivity index (χ1v) is 8.38. The molecule has 2 fully saturated rings. The molecule has 5 heteroatoms. The lowest BCUT2D eigenvalue weighted by Gasteiger charge is -2.40. The maximum Gasteiger partial charge on any atom is 0.226 e. The van der Waals surface area contributed by atoms with Gasteiger partial charge in [0.05, 0.1) is 6.07 Å². The number of hydrogen-bond donors (Lipinski definition) is 0. The molecular weight excluding hydrogens is 287 g/mol. The third kappa shape index (κ3) is 2.91. The summed E-state index contributed by atoms with van der Waals surface area (Å²) in [6, 6.07) is 8.57. The average molecular weight is 304 g/mol. The summed E-state index contributed by atoms with van der Waals surface area (Å²) >= 11 is 1.73. The van der Waals surface area contributed by atoms with Crippen LogP contribution in [0.25, 0.3) is 0 Å². The van der Waals surface area contributed by atoms with Gasteiger partial charge in [0.15, 0.2) is 0 Å². The van der Waals surface area contributed by atoms with Gasteiger partial charge in [-0.2, -0.15) is 17.0 Å². The molecule has 3 nitrogen and oxygen atoms in total. The zero-order valence-corrected chi connectivity index (χ0v) is 12.5. The molecule has 110 valence electrons. The van der Waals surface area contributed by atoms with E-state index in [2.05, 4.69) is 6.07 Å². The Labute approximate surface area is 128 Å². The number of halogens is 1. The number of carbonyl (C=O) groups is 1. The maximum atomic E-state index is 13.2. The number of thioether (sulfide) groups is 1. The van der Waals surface area contributed by atoms with Crippen molar-refractivity contribution in [2.45, 2.75) is 24.8 Å². The van der Waals surface area contributed by atoms with Crippen LogP contribution in [0, 0.1) is 23.1 Å². The first kappa shape index (κ1) is 14.4. The number of amides is 1. The number of rotatable bonds is 2. The highest BCUT2D eigenvalue weighted by Crippen LogP contribution is 2.43. The van der Waals surface area contributed by atoms with E-state index in [1.54, 1.807) is 28.8 Å². The second kappa shape index (κ2) is 6.07. The molecule has 1 aliphatic heterocycles. The second-order valence-corrected chi connectivity index (χ2v) is 6.82. The van der Waals surface area contributed by atoms with Gasteiger partial charge in [0.2, 0.25) is 5.91 Å². The minimum atomic E-state index is -0.288. The van der Waals surface area contributed by atoms with Crippen LogP contribution in [0.4, 0.5) is 4.39 Å². The Bertz CT molecular complexity index is 580. The van der Waals surface area contributed by atoms with E-state index >= 15 is 0 Å². The number of nitrogens with zero attached hydrogens (tertiary/aromatic N) is 2. The van der Waals surface area contributed by atoms with Crippen LogP contribution in [0.15, 0.2) is 24.3 Å². The van der Waals surface area contributed by atoms with Gasteiger partial charge < -0.3 is 4.90 Å². The summed E-state index contributed by atoms with van der Waals surface area (Å²) in [5.74, 6) is 1.77. The highest BCUT2D eigenvalue weighted by Gasteiger charge is 2.40. The van der Waals surface area contributed by atoms with Gasteiger partial charge in [-0.05, 0) is 36.5 Å². The Morgan fingerprint density at radius 1 is 1.43 bits per heavy atom. The number of benzene rings is 1. The summed E-state index contributed by atoms with van der Waals surface area (Å²) in [4.78, 5) is 14.2. The standard InChI is InChI=1S/C16H17FN2OS/c17-14-3-1-2-11(8-14)12-6-13(7-12)16(20)19-4-5-21-10-15(19)9-18/h1-3,8,12-13,15H,4-7,10H2. The van der Waals surface area contributed by atoms with Gasteiger partial charge >= 0.3 is 0 Å². The van der Waals surface area contributed by atoms with E-state index in [0.29, 0.717) is 12.3 Å². The normalized spacial score (nSPS) is 28.6. The van der Waals surface area contributed by atoms with E-state index < -0.39 is 0 Å². The van der Waals surface area contributed by atoms with Gasteiger partial charge in [0, 0.05) is 24.0 Å². The van der Waals surface area contributed by atoms with Crippen LogP contribution in [-0.2, 0) is 4.79 Å². The topological polar surface area (TPSA) is 44.1 Å². The molecule has 0 bridgehead atoms. The fourth-order valence-electron chi connectivity index (χ4n) is 3.06. The molecule has 0 spiro atoms. The molecule has 0 radical (unpaired) electrons. The lowest BCUT2D eigenvalue weighted by Crippen LogP contribution is -2.50. The Balaban J connectivity index is 1.60. The highest BCUT2D eigenvalue weighted by molar-refractivity contribution is 7.99. The summed E-state index contributed by atoms with van der Waals surface area (Å²) in [6.45, 7) is 0.670. The van der Waals surface area contributed by atoms with Crippen molar-refractivity contribution in [1.82, 2.24) is 4.90 Å².